The number of carbonyl (C=O) groups excluding carboxylic acids is 1. The molecule has 13 heteroatoms. The molecule has 70 heavy (non-hydrogen) atoms. The molecule has 414 valence electrons. The summed E-state index contributed by atoms with van der Waals surface area (Å²) in [5.41, 5.74) is 0. The van der Waals surface area contributed by atoms with Gasteiger partial charge in [0.05, 0.1) is 13.2 Å². The quantitative estimate of drug-likeness (QED) is 0.0146. The van der Waals surface area contributed by atoms with Crippen LogP contribution in [0.1, 0.15) is 271 Å². The van der Waals surface area contributed by atoms with Crippen molar-refractivity contribution >= 4 is 13.8 Å². The number of hydrogen-bond acceptors (Lipinski definition) is 11. The molecule has 0 aromatic rings. The first kappa shape index (κ1) is 66.8. The third kappa shape index (κ3) is 38.4. The van der Waals surface area contributed by atoms with E-state index in [-0.39, 0.29) is 13.0 Å². The van der Waals surface area contributed by atoms with Crippen molar-refractivity contribution in [2.45, 2.75) is 313 Å². The molecule has 0 aromatic heterocycles. The number of phosphoric ester groups is 1. The highest BCUT2D eigenvalue weighted by molar-refractivity contribution is 7.47. The van der Waals surface area contributed by atoms with Crippen LogP contribution in [0.15, 0.2) is 24.3 Å². The zero-order valence-corrected chi connectivity index (χ0v) is 45.7. The van der Waals surface area contributed by atoms with Gasteiger partial charge in [-0.25, -0.2) is 4.57 Å². The minimum absolute atomic E-state index is 0.0725. The zero-order valence-electron chi connectivity index (χ0n) is 44.8. The van der Waals surface area contributed by atoms with Gasteiger partial charge < -0.3 is 39.9 Å². The monoisotopic (exact) mass is 1020 g/mol. The predicted octanol–water partition coefficient (Wildman–Crippen LogP) is 14.0. The summed E-state index contributed by atoms with van der Waals surface area (Å²) in [5.74, 6) is -0.471. The van der Waals surface area contributed by atoms with E-state index in [1.165, 1.54) is 199 Å². The van der Waals surface area contributed by atoms with E-state index in [1.807, 2.05) is 0 Å². The maximum atomic E-state index is 12.9. The summed E-state index contributed by atoms with van der Waals surface area (Å²) in [4.78, 5) is 23.3. The molecule has 1 saturated carbocycles. The summed E-state index contributed by atoms with van der Waals surface area (Å²) in [6, 6.07) is 0. The van der Waals surface area contributed by atoms with Gasteiger partial charge in [0.2, 0.25) is 0 Å². The van der Waals surface area contributed by atoms with E-state index >= 15 is 0 Å². The fraction of sp³-hybridized carbons (Fsp3) is 0.912. The second-order valence-corrected chi connectivity index (χ2v) is 21.9. The SMILES string of the molecule is CCCCCCC/C=C\C/C=C\CCCCCCCCCCCCCCOCC(COP(=O)(O)OC1C(O)C(O)C(O)C(O)C1O)OC(=O)CCCCCCCCCCCCCCCCCCCCC. The maximum absolute atomic E-state index is 12.9. The van der Waals surface area contributed by atoms with Gasteiger partial charge in [0, 0.05) is 13.0 Å². The van der Waals surface area contributed by atoms with Crippen molar-refractivity contribution in [1.29, 1.82) is 0 Å². The molecule has 0 amide bonds. The molecule has 0 radical (unpaired) electrons. The molecule has 6 atom stereocenters. The molecule has 0 aromatic carbocycles. The summed E-state index contributed by atoms with van der Waals surface area (Å²) < 4.78 is 34.4. The third-order valence-corrected chi connectivity index (χ3v) is 14.8. The molecular weight excluding hydrogens is 908 g/mol. The van der Waals surface area contributed by atoms with Crippen LogP contribution < -0.4 is 0 Å². The highest BCUT2D eigenvalue weighted by Crippen LogP contribution is 2.47. The highest BCUT2D eigenvalue weighted by Gasteiger charge is 2.51. The molecule has 0 saturated heterocycles. The molecule has 0 heterocycles. The third-order valence-electron chi connectivity index (χ3n) is 13.8. The Hall–Kier alpha value is -1.18. The fourth-order valence-electron chi connectivity index (χ4n) is 9.21. The van der Waals surface area contributed by atoms with Crippen molar-refractivity contribution in [3.05, 3.63) is 24.3 Å². The van der Waals surface area contributed by atoms with Crippen LogP contribution in [-0.2, 0) is 27.9 Å². The fourth-order valence-corrected chi connectivity index (χ4v) is 10.2. The Kier molecular flexibility index (Phi) is 45.4. The molecule has 1 aliphatic rings. The van der Waals surface area contributed by atoms with E-state index < -0.39 is 63.1 Å². The van der Waals surface area contributed by atoms with Gasteiger partial charge in [0.25, 0.3) is 0 Å². The maximum Gasteiger partial charge on any atom is 0.472 e. The minimum Gasteiger partial charge on any atom is -0.457 e. The van der Waals surface area contributed by atoms with E-state index in [4.69, 9.17) is 18.5 Å². The van der Waals surface area contributed by atoms with Crippen LogP contribution >= 0.6 is 7.82 Å². The topological polar surface area (TPSA) is 192 Å². The molecule has 0 aliphatic heterocycles. The molecule has 0 spiro atoms. The van der Waals surface area contributed by atoms with E-state index in [9.17, 15) is 39.8 Å². The van der Waals surface area contributed by atoms with Crippen LogP contribution in [0.5, 0.6) is 0 Å². The van der Waals surface area contributed by atoms with E-state index in [2.05, 4.69) is 38.2 Å². The van der Waals surface area contributed by atoms with Gasteiger partial charge >= 0.3 is 13.8 Å². The lowest BCUT2D eigenvalue weighted by Gasteiger charge is -2.41. The van der Waals surface area contributed by atoms with Crippen LogP contribution in [0.2, 0.25) is 0 Å². The van der Waals surface area contributed by atoms with Gasteiger partial charge in [0.1, 0.15) is 42.7 Å². The summed E-state index contributed by atoms with van der Waals surface area (Å²) >= 11 is 0. The number of hydrogen-bond donors (Lipinski definition) is 6. The average Bonchev–Trinajstić information content (AvgIpc) is 3.35. The second-order valence-electron chi connectivity index (χ2n) is 20.5. The van der Waals surface area contributed by atoms with Crippen LogP contribution in [0.25, 0.3) is 0 Å². The Bertz CT molecular complexity index is 1250. The molecule has 12 nitrogen and oxygen atoms in total. The van der Waals surface area contributed by atoms with Crippen molar-refractivity contribution in [2.75, 3.05) is 19.8 Å². The second kappa shape index (κ2) is 47.5. The Morgan fingerprint density at radius 2 is 0.800 bits per heavy atom. The molecule has 6 unspecified atom stereocenters. The number of carbonyl (C=O) groups is 1. The Morgan fingerprint density at radius 3 is 1.20 bits per heavy atom. The standard InChI is InChI=1S/C57H109O12P/c1-3-5-7-9-11-13-15-17-19-21-23-24-25-26-27-29-31-33-35-37-39-41-43-45-47-66-48-50(49-67-70(64,65)69-57-55(62)53(60)52(59)54(61)56(57)63)68-51(58)46-44-42-40-38-36-34-32-30-28-22-20-18-16-14-12-10-8-6-4-2/h15,17,21,23,50,52-57,59-63H,3-14,16,18-20,22,24-49H2,1-2H3,(H,64,65)/b17-15-,23-21-. The smallest absolute Gasteiger partial charge is 0.457 e. The van der Waals surface area contributed by atoms with Gasteiger partial charge in [0.15, 0.2) is 0 Å². The predicted molar refractivity (Wildman–Crippen MR) is 286 cm³/mol. The molecule has 6 N–H and O–H groups in total. The first-order valence-electron chi connectivity index (χ1n) is 29.2. The normalized spacial score (nSPS) is 21.0. The van der Waals surface area contributed by atoms with Crippen molar-refractivity contribution in [3.8, 4) is 0 Å². The highest BCUT2D eigenvalue weighted by atomic mass is 31.2. The molecular formula is C57H109O12P. The van der Waals surface area contributed by atoms with Gasteiger partial charge in [-0.05, 0) is 44.9 Å². The van der Waals surface area contributed by atoms with Crippen molar-refractivity contribution in [1.82, 2.24) is 0 Å². The minimum atomic E-state index is -5.02. The number of phosphoric acid groups is 1. The molecule has 1 rings (SSSR count). The average molecular weight is 1020 g/mol. The van der Waals surface area contributed by atoms with Crippen LogP contribution in [0, 0.1) is 0 Å². The summed E-state index contributed by atoms with van der Waals surface area (Å²) in [6.45, 7) is 4.31. The molecule has 1 fully saturated rings. The summed E-state index contributed by atoms with van der Waals surface area (Å²) in [5, 5.41) is 50.4. The number of unbranched alkanes of at least 4 members (excludes halogenated alkanes) is 35. The van der Waals surface area contributed by atoms with E-state index in [0.29, 0.717) is 13.0 Å². The summed E-state index contributed by atoms with van der Waals surface area (Å²) in [7, 11) is -5.02. The zero-order chi connectivity index (χ0) is 51.2. The van der Waals surface area contributed by atoms with Gasteiger partial charge in [-0.15, -0.1) is 0 Å². The molecule has 1 aliphatic carbocycles. The Balaban J connectivity index is 2.26. The lowest BCUT2D eigenvalue weighted by Crippen LogP contribution is -2.64. The van der Waals surface area contributed by atoms with Gasteiger partial charge in [-0.3, -0.25) is 13.8 Å². The van der Waals surface area contributed by atoms with Crippen molar-refractivity contribution in [3.63, 3.8) is 0 Å². The first-order chi connectivity index (χ1) is 34.0. The van der Waals surface area contributed by atoms with Crippen LogP contribution in [-0.4, -0.2) is 98.9 Å². The first-order valence-corrected chi connectivity index (χ1v) is 30.7. The molecule has 0 bridgehead atoms. The van der Waals surface area contributed by atoms with Gasteiger partial charge in [-0.1, -0.05) is 244 Å². The van der Waals surface area contributed by atoms with E-state index in [0.717, 1.165) is 44.9 Å². The Morgan fingerprint density at radius 1 is 0.457 bits per heavy atom. The summed E-state index contributed by atoms with van der Waals surface area (Å²) in [6.07, 6.45) is 45.3. The number of rotatable bonds is 51. The number of allylic oxidation sites excluding steroid dienone is 4. The Labute approximate surface area is 428 Å². The van der Waals surface area contributed by atoms with E-state index in [1.54, 1.807) is 0 Å². The number of ether oxygens (including phenoxy) is 2. The lowest BCUT2D eigenvalue weighted by molar-refractivity contribution is -0.220. The van der Waals surface area contributed by atoms with Gasteiger partial charge in [-0.2, -0.15) is 0 Å². The largest absolute Gasteiger partial charge is 0.472 e. The number of aliphatic hydroxyl groups excluding tert-OH is 5. The van der Waals surface area contributed by atoms with Crippen molar-refractivity contribution < 1.29 is 58.3 Å². The lowest BCUT2D eigenvalue weighted by atomic mass is 9.85. The van der Waals surface area contributed by atoms with Crippen LogP contribution in [0.3, 0.4) is 0 Å². The number of esters is 1. The number of aliphatic hydroxyl groups is 5. The van der Waals surface area contributed by atoms with Crippen LogP contribution in [0.4, 0.5) is 0 Å². The van der Waals surface area contributed by atoms with Crippen molar-refractivity contribution in [2.24, 2.45) is 0 Å².